The zero-order valence-electron chi connectivity index (χ0n) is 18.5. The molecule has 0 radical (unpaired) electrons. The van der Waals surface area contributed by atoms with Crippen LogP contribution in [0.15, 0.2) is 66.7 Å². The molecule has 0 aliphatic heterocycles. The maximum absolute atomic E-state index is 14.6. The van der Waals surface area contributed by atoms with Crippen molar-refractivity contribution in [3.05, 3.63) is 72.3 Å². The first-order valence-electron chi connectivity index (χ1n) is 9.88. The molecule has 3 aromatic rings. The van der Waals surface area contributed by atoms with Crippen LogP contribution in [0.2, 0.25) is 0 Å². The molecular weight excluding hydrogens is 455 g/mol. The monoisotopic (exact) mass is 477 g/mol. The molecule has 0 saturated carbocycles. The quantitative estimate of drug-likeness (QED) is 0.429. The van der Waals surface area contributed by atoms with Gasteiger partial charge in [-0.25, -0.2) is 4.79 Å². The van der Waals surface area contributed by atoms with E-state index < -0.39 is 29.0 Å². The van der Waals surface area contributed by atoms with E-state index in [2.05, 4.69) is 10.1 Å². The van der Waals surface area contributed by atoms with Gasteiger partial charge >= 0.3 is 12.1 Å². The number of phenolic OH excluding ortho intramolecular Hbond substituents is 1. The Balaban J connectivity index is 2.08. The van der Waals surface area contributed by atoms with Crippen LogP contribution in [0.5, 0.6) is 28.7 Å². The maximum Gasteiger partial charge on any atom is 0.426 e. The molecule has 10 heteroatoms. The van der Waals surface area contributed by atoms with E-state index in [4.69, 9.17) is 14.2 Å². The zero-order valence-corrected chi connectivity index (χ0v) is 18.5. The fourth-order valence-corrected chi connectivity index (χ4v) is 3.30. The van der Waals surface area contributed by atoms with Gasteiger partial charge in [-0.15, -0.1) is 0 Å². The fourth-order valence-electron chi connectivity index (χ4n) is 3.30. The highest BCUT2D eigenvalue weighted by atomic mass is 19.4. The topological polar surface area (TPSA) is 86.3 Å². The minimum Gasteiger partial charge on any atom is -0.502 e. The molecule has 0 aliphatic rings. The highest BCUT2D eigenvalue weighted by Crippen LogP contribution is 2.47. The van der Waals surface area contributed by atoms with Gasteiger partial charge in [0.1, 0.15) is 11.5 Å². The normalized spacial score (nSPS) is 12.9. The zero-order chi connectivity index (χ0) is 24.9. The number of benzene rings is 3. The molecule has 0 spiro atoms. The Labute approximate surface area is 193 Å². The molecule has 7 nitrogen and oxygen atoms in total. The Morgan fingerprint density at radius 3 is 1.85 bits per heavy atom. The van der Waals surface area contributed by atoms with Crippen molar-refractivity contribution in [3.63, 3.8) is 0 Å². The summed E-state index contributed by atoms with van der Waals surface area (Å²) >= 11 is 0. The van der Waals surface area contributed by atoms with Crippen LogP contribution < -0.4 is 19.5 Å². The van der Waals surface area contributed by atoms with E-state index in [1.807, 2.05) is 6.07 Å². The van der Waals surface area contributed by atoms with E-state index in [-0.39, 0.29) is 17.2 Å². The number of alkyl halides is 3. The number of rotatable bonds is 8. The van der Waals surface area contributed by atoms with Crippen molar-refractivity contribution in [1.82, 2.24) is 0 Å². The summed E-state index contributed by atoms with van der Waals surface area (Å²) < 4.78 is 63.9. The molecule has 0 fully saturated rings. The second kappa shape index (κ2) is 9.82. The summed E-state index contributed by atoms with van der Waals surface area (Å²) in [6.45, 7) is 0. The Kier molecular flexibility index (Phi) is 7.09. The summed E-state index contributed by atoms with van der Waals surface area (Å²) in [7, 11) is 3.16. The summed E-state index contributed by atoms with van der Waals surface area (Å²) in [6.07, 6.45) is -5.17. The molecular formula is C24H22F3NO6. The Morgan fingerprint density at radius 1 is 0.853 bits per heavy atom. The van der Waals surface area contributed by atoms with Crippen molar-refractivity contribution in [2.75, 3.05) is 26.6 Å². The van der Waals surface area contributed by atoms with Crippen molar-refractivity contribution in [2.24, 2.45) is 0 Å². The molecule has 0 heterocycles. The van der Waals surface area contributed by atoms with E-state index in [9.17, 15) is 23.1 Å². The van der Waals surface area contributed by atoms with Crippen LogP contribution in [-0.4, -0.2) is 38.6 Å². The number of carbonyl (C=O) groups is 1. The second-order valence-electron chi connectivity index (χ2n) is 7.03. The summed E-state index contributed by atoms with van der Waals surface area (Å²) in [5.74, 6) is -1.86. The van der Waals surface area contributed by atoms with Gasteiger partial charge in [-0.2, -0.15) is 13.2 Å². The van der Waals surface area contributed by atoms with Crippen molar-refractivity contribution in [1.29, 1.82) is 0 Å². The first-order valence-corrected chi connectivity index (χ1v) is 9.88. The smallest absolute Gasteiger partial charge is 0.426 e. The van der Waals surface area contributed by atoms with Crippen LogP contribution in [0.4, 0.5) is 18.9 Å². The lowest BCUT2D eigenvalue weighted by Crippen LogP contribution is -2.55. The lowest BCUT2D eigenvalue weighted by molar-refractivity contribution is -0.201. The number of esters is 1. The number of halogens is 3. The predicted molar refractivity (Wildman–Crippen MR) is 118 cm³/mol. The van der Waals surface area contributed by atoms with Crippen LogP contribution in [0, 0.1) is 0 Å². The van der Waals surface area contributed by atoms with Gasteiger partial charge < -0.3 is 29.4 Å². The minimum absolute atomic E-state index is 0.0471. The van der Waals surface area contributed by atoms with Gasteiger partial charge in [-0.3, -0.25) is 0 Å². The number of carbonyl (C=O) groups excluding carboxylic acids is 1. The minimum atomic E-state index is -5.17. The van der Waals surface area contributed by atoms with E-state index in [1.165, 1.54) is 24.3 Å². The predicted octanol–water partition coefficient (Wildman–Crippen LogP) is 5.24. The number of aromatic hydroxyl groups is 1. The number of nitrogens with one attached hydrogen (secondary N) is 1. The molecule has 0 aliphatic carbocycles. The van der Waals surface area contributed by atoms with Crippen LogP contribution in [0.25, 0.3) is 0 Å². The number of ether oxygens (including phenoxy) is 4. The van der Waals surface area contributed by atoms with Gasteiger partial charge in [0.2, 0.25) is 5.75 Å². The number of hydrogen-bond acceptors (Lipinski definition) is 7. The van der Waals surface area contributed by atoms with Gasteiger partial charge in [-0.1, -0.05) is 18.2 Å². The average molecular weight is 477 g/mol. The summed E-state index contributed by atoms with van der Waals surface area (Å²) in [4.78, 5) is 12.7. The van der Waals surface area contributed by atoms with Crippen molar-refractivity contribution < 1.29 is 42.0 Å². The third kappa shape index (κ3) is 4.66. The van der Waals surface area contributed by atoms with Gasteiger partial charge in [0.05, 0.1) is 21.3 Å². The molecule has 2 N–H and O–H groups in total. The van der Waals surface area contributed by atoms with Crippen LogP contribution in [0.3, 0.4) is 0 Å². The van der Waals surface area contributed by atoms with Crippen molar-refractivity contribution in [2.45, 2.75) is 11.7 Å². The molecule has 0 aromatic heterocycles. The van der Waals surface area contributed by atoms with Gasteiger partial charge in [0.15, 0.2) is 11.5 Å². The standard InChI is InChI=1S/C24H22F3NO6/c1-31-19-13-15(14-20(32-2)21(19)29)23(22(30)33-3,24(25,26)27)28-16-9-11-18(12-10-16)34-17-7-5-4-6-8-17/h4-14,28-29H,1-3H3/t23-/m0/s1. The van der Waals surface area contributed by atoms with E-state index in [0.717, 1.165) is 33.5 Å². The highest BCUT2D eigenvalue weighted by molar-refractivity contribution is 5.88. The van der Waals surface area contributed by atoms with Crippen LogP contribution >= 0.6 is 0 Å². The molecule has 34 heavy (non-hydrogen) atoms. The van der Waals surface area contributed by atoms with Crippen molar-refractivity contribution in [3.8, 4) is 28.7 Å². The number of para-hydroxylation sites is 1. The summed E-state index contributed by atoms with van der Waals surface area (Å²) in [5, 5.41) is 12.4. The first kappa shape index (κ1) is 24.6. The summed E-state index contributed by atoms with van der Waals surface area (Å²) in [6, 6.07) is 16.2. The molecule has 1 atom stereocenters. The Hall–Kier alpha value is -4.08. The van der Waals surface area contributed by atoms with Gasteiger partial charge in [-0.05, 0) is 48.5 Å². The number of phenols is 1. The lowest BCUT2D eigenvalue weighted by atomic mass is 9.87. The Morgan fingerprint density at radius 2 is 1.38 bits per heavy atom. The molecule has 3 aromatic carbocycles. The SMILES string of the molecule is COC(=O)[C@@](Nc1ccc(Oc2ccccc2)cc1)(c1cc(OC)c(O)c(OC)c1)C(F)(F)F. The van der Waals surface area contributed by atoms with E-state index in [0.29, 0.717) is 11.5 Å². The molecule has 0 saturated heterocycles. The van der Waals surface area contributed by atoms with Gasteiger partial charge in [0, 0.05) is 11.3 Å². The van der Waals surface area contributed by atoms with Crippen LogP contribution in [0.1, 0.15) is 5.56 Å². The third-order valence-corrected chi connectivity index (χ3v) is 4.99. The summed E-state index contributed by atoms with van der Waals surface area (Å²) in [5.41, 5.74) is -4.00. The van der Waals surface area contributed by atoms with E-state index in [1.54, 1.807) is 24.3 Å². The number of hydrogen-bond donors (Lipinski definition) is 2. The second-order valence-corrected chi connectivity index (χ2v) is 7.03. The highest BCUT2D eigenvalue weighted by Gasteiger charge is 2.63. The Bertz CT molecular complexity index is 1110. The lowest BCUT2D eigenvalue weighted by Gasteiger charge is -2.35. The average Bonchev–Trinajstić information content (AvgIpc) is 2.83. The molecule has 0 bridgehead atoms. The maximum atomic E-state index is 14.6. The third-order valence-electron chi connectivity index (χ3n) is 4.99. The largest absolute Gasteiger partial charge is 0.502 e. The molecule has 0 unspecified atom stereocenters. The van der Waals surface area contributed by atoms with Crippen LogP contribution in [-0.2, 0) is 15.1 Å². The van der Waals surface area contributed by atoms with E-state index >= 15 is 0 Å². The fraction of sp³-hybridized carbons (Fsp3) is 0.208. The van der Waals surface area contributed by atoms with Crippen molar-refractivity contribution >= 4 is 11.7 Å². The first-order chi connectivity index (χ1) is 16.2. The number of anilines is 1. The van der Waals surface area contributed by atoms with Gasteiger partial charge in [0.25, 0.3) is 5.54 Å². The molecule has 3 rings (SSSR count). The number of methoxy groups -OCH3 is 3. The molecule has 180 valence electrons. The molecule has 0 amide bonds.